The number of esters is 2. The van der Waals surface area contributed by atoms with Crippen LogP contribution >= 0.6 is 7.82 Å². The van der Waals surface area contributed by atoms with Crippen molar-refractivity contribution >= 4 is 19.8 Å². The Morgan fingerprint density at radius 1 is 0.574 bits per heavy atom. The van der Waals surface area contributed by atoms with Gasteiger partial charge in [-0.3, -0.25) is 14.1 Å². The van der Waals surface area contributed by atoms with E-state index in [0.717, 1.165) is 44.9 Å². The van der Waals surface area contributed by atoms with Gasteiger partial charge in [-0.25, -0.2) is 4.57 Å². The monoisotopic (exact) mass is 772 g/mol. The summed E-state index contributed by atoms with van der Waals surface area (Å²) in [7, 11) is -4.82. The second kappa shape index (κ2) is 36.4. The minimum Gasteiger partial charge on any atom is -0.462 e. The average molecular weight is 773 g/mol. The zero-order valence-electron chi connectivity index (χ0n) is 32.3. The third-order valence-electron chi connectivity index (χ3n) is 7.16. The zero-order chi connectivity index (χ0) is 40.0. The molecule has 54 heavy (non-hydrogen) atoms. The van der Waals surface area contributed by atoms with Crippen molar-refractivity contribution in [2.75, 3.05) is 13.2 Å². The fourth-order valence-corrected chi connectivity index (χ4v) is 4.69. The number of carbonyl (C=O) groups excluding carboxylic acids is 2. The highest BCUT2D eigenvalue weighted by Gasteiger charge is 2.22. The molecular weight excluding hydrogens is 707 g/mol. The van der Waals surface area contributed by atoms with Crippen molar-refractivity contribution in [2.45, 2.75) is 122 Å². The van der Waals surface area contributed by atoms with Gasteiger partial charge in [-0.05, 0) is 77.0 Å². The number of hydrogen-bond acceptors (Lipinski definition) is 8. The summed E-state index contributed by atoms with van der Waals surface area (Å²) in [6.07, 6.45) is 45.7. The van der Waals surface area contributed by atoms with Crippen molar-refractivity contribution < 1.29 is 48.2 Å². The number of hydrogen-bond donors (Lipinski definition) is 4. The molecule has 0 unspecified atom stereocenters. The third-order valence-corrected chi connectivity index (χ3v) is 7.64. The summed E-state index contributed by atoms with van der Waals surface area (Å²) in [5.74, 6) is -1.12. The third kappa shape index (κ3) is 38.1. The summed E-state index contributed by atoms with van der Waals surface area (Å²) < 4.78 is 26.1. The van der Waals surface area contributed by atoms with Gasteiger partial charge in [0.1, 0.15) is 6.61 Å². The summed E-state index contributed by atoms with van der Waals surface area (Å²) in [5.41, 5.74) is 0. The van der Waals surface area contributed by atoms with Gasteiger partial charge in [-0.15, -0.1) is 0 Å². The molecule has 3 atom stereocenters. The second-order valence-corrected chi connectivity index (χ2v) is 13.4. The van der Waals surface area contributed by atoms with Crippen LogP contribution in [0.25, 0.3) is 0 Å². The van der Waals surface area contributed by atoms with Crippen LogP contribution in [0.5, 0.6) is 0 Å². The summed E-state index contributed by atoms with van der Waals surface area (Å²) in [6, 6.07) is 0. The van der Waals surface area contributed by atoms with Crippen LogP contribution in [0.4, 0.5) is 0 Å². The number of allylic oxidation sites excluding steroid dienone is 16. The van der Waals surface area contributed by atoms with E-state index in [0.29, 0.717) is 32.1 Å². The molecule has 0 amide bonds. The molecule has 0 saturated carbocycles. The minimum atomic E-state index is -4.82. The minimum absolute atomic E-state index is 0.0128. The first kappa shape index (κ1) is 50.4. The maximum atomic E-state index is 12.4. The molecule has 0 aliphatic carbocycles. The Bertz CT molecular complexity index is 1310. The molecule has 0 aromatic rings. The molecule has 0 saturated heterocycles. The molecule has 0 aromatic heterocycles. The second-order valence-electron chi connectivity index (χ2n) is 12.2. The summed E-state index contributed by atoms with van der Waals surface area (Å²) >= 11 is 0. The van der Waals surface area contributed by atoms with Crippen molar-refractivity contribution in [1.82, 2.24) is 0 Å². The molecule has 0 heterocycles. The number of carbonyl (C=O) groups is 2. The number of unbranched alkanes of at least 4 members (excludes halogenated alkanes) is 2. The van der Waals surface area contributed by atoms with E-state index < -0.39 is 44.7 Å². The highest BCUT2D eigenvalue weighted by Crippen LogP contribution is 2.35. The molecular formula is C43H65O10P. The van der Waals surface area contributed by atoms with Crippen molar-refractivity contribution in [2.24, 2.45) is 0 Å². The standard InChI is InChI=1S/C43H65O10P/c1-3-5-7-8-9-10-11-12-13-14-15-16-17-21-29-35-42(46)51-37-41(38-52-54(48,49)50)53-43(47)36-30-22-19-18-20-26-32-40(45)34-28-24-23-27-33-39(44)31-25-6-4-2/h5-7,9-10,12-13,15-16,19-20,22-28,33-34,39-41,44-45H,3-4,8,11,14,17-18,21,29-32,35-38H2,1-2H3,(H2,48,49,50)/b7-5-,10-9-,13-12-,16-15-,22-19-,24-23-,25-6-,26-20-,33-27+,34-28+/t39-,40+,41+/m0/s1. The molecule has 10 nitrogen and oxygen atoms in total. The van der Waals surface area contributed by atoms with Crippen molar-refractivity contribution in [3.8, 4) is 0 Å². The van der Waals surface area contributed by atoms with Crippen LogP contribution in [0.1, 0.15) is 104 Å². The van der Waals surface area contributed by atoms with Crippen molar-refractivity contribution in [1.29, 1.82) is 0 Å². The van der Waals surface area contributed by atoms with Crippen molar-refractivity contribution in [3.63, 3.8) is 0 Å². The van der Waals surface area contributed by atoms with Crippen LogP contribution in [-0.4, -0.2) is 63.5 Å². The van der Waals surface area contributed by atoms with Crippen LogP contribution in [0.15, 0.2) is 122 Å². The Labute approximate surface area is 324 Å². The molecule has 302 valence electrons. The van der Waals surface area contributed by atoms with Crippen LogP contribution in [0.2, 0.25) is 0 Å². The smallest absolute Gasteiger partial charge is 0.462 e. The predicted octanol–water partition coefficient (Wildman–Crippen LogP) is 9.34. The lowest BCUT2D eigenvalue weighted by Gasteiger charge is -2.18. The Balaban J connectivity index is 4.33. The van der Waals surface area contributed by atoms with E-state index in [4.69, 9.17) is 19.3 Å². The first-order chi connectivity index (χ1) is 26.1. The SMILES string of the molecule is CC/C=C\C/C=C\C/C=C\C/C=C\CCCCC(=O)OC[C@H](COP(=O)(O)O)OC(=O)CC/C=C\C/C=C\C[C@@H](O)/C=C/C=C\C=C\[C@@H](O)C/C=C\CC. The number of phosphoric acid groups is 1. The summed E-state index contributed by atoms with van der Waals surface area (Å²) in [4.78, 5) is 42.7. The van der Waals surface area contributed by atoms with E-state index in [9.17, 15) is 24.4 Å². The molecule has 0 spiro atoms. The van der Waals surface area contributed by atoms with Gasteiger partial charge in [0.25, 0.3) is 0 Å². The quantitative estimate of drug-likeness (QED) is 0.0171. The maximum Gasteiger partial charge on any atom is 0.469 e. The molecule has 0 radical (unpaired) electrons. The molecule has 0 aliphatic heterocycles. The van der Waals surface area contributed by atoms with Gasteiger partial charge >= 0.3 is 19.8 Å². The van der Waals surface area contributed by atoms with Crippen LogP contribution in [0.3, 0.4) is 0 Å². The van der Waals surface area contributed by atoms with Crippen LogP contribution in [-0.2, 0) is 28.2 Å². The maximum absolute atomic E-state index is 12.4. The Hall–Kier alpha value is -3.63. The van der Waals surface area contributed by atoms with Gasteiger partial charge < -0.3 is 29.5 Å². The first-order valence-electron chi connectivity index (χ1n) is 19.0. The van der Waals surface area contributed by atoms with E-state index in [-0.39, 0.29) is 19.4 Å². The lowest BCUT2D eigenvalue weighted by Crippen LogP contribution is -2.29. The van der Waals surface area contributed by atoms with Crippen molar-refractivity contribution in [3.05, 3.63) is 122 Å². The Kier molecular flexibility index (Phi) is 33.9. The van der Waals surface area contributed by atoms with E-state index in [2.05, 4.69) is 60.1 Å². The van der Waals surface area contributed by atoms with E-state index in [1.54, 1.807) is 42.5 Å². The molecule has 4 N–H and O–H groups in total. The first-order valence-corrected chi connectivity index (χ1v) is 20.6. The number of aliphatic hydroxyl groups is 2. The van der Waals surface area contributed by atoms with Gasteiger partial charge in [0.15, 0.2) is 6.10 Å². The topological polar surface area (TPSA) is 160 Å². The fraction of sp³-hybridized carbons (Fsp3) is 0.488. The zero-order valence-corrected chi connectivity index (χ0v) is 33.2. The predicted molar refractivity (Wildman–Crippen MR) is 218 cm³/mol. The van der Waals surface area contributed by atoms with E-state index in [1.807, 2.05) is 37.3 Å². The van der Waals surface area contributed by atoms with Gasteiger partial charge in [-0.2, -0.15) is 0 Å². The molecule has 0 aromatic carbocycles. The van der Waals surface area contributed by atoms with Gasteiger partial charge in [-0.1, -0.05) is 135 Å². The number of phosphoric ester groups is 1. The lowest BCUT2D eigenvalue weighted by atomic mass is 10.2. The summed E-state index contributed by atoms with van der Waals surface area (Å²) in [5, 5.41) is 19.9. The number of rotatable bonds is 32. The van der Waals surface area contributed by atoms with E-state index >= 15 is 0 Å². The van der Waals surface area contributed by atoms with Crippen LogP contribution < -0.4 is 0 Å². The molecule has 0 fully saturated rings. The number of aliphatic hydroxyl groups excluding tert-OH is 2. The van der Waals surface area contributed by atoms with Gasteiger partial charge in [0.05, 0.1) is 18.8 Å². The molecule has 0 rings (SSSR count). The highest BCUT2D eigenvalue weighted by molar-refractivity contribution is 7.46. The molecule has 0 aliphatic rings. The Morgan fingerprint density at radius 2 is 1.06 bits per heavy atom. The fourth-order valence-electron chi connectivity index (χ4n) is 4.33. The highest BCUT2D eigenvalue weighted by atomic mass is 31.2. The Morgan fingerprint density at radius 3 is 1.61 bits per heavy atom. The van der Waals surface area contributed by atoms with E-state index in [1.165, 1.54) is 0 Å². The largest absolute Gasteiger partial charge is 0.469 e. The van der Waals surface area contributed by atoms with Gasteiger partial charge in [0, 0.05) is 12.8 Å². The molecule has 11 heteroatoms. The van der Waals surface area contributed by atoms with Gasteiger partial charge in [0.2, 0.25) is 0 Å². The normalized spacial score (nSPS) is 15.0. The lowest BCUT2D eigenvalue weighted by molar-refractivity contribution is -0.161. The average Bonchev–Trinajstić information content (AvgIpc) is 3.13. The number of ether oxygens (including phenoxy) is 2. The molecule has 0 bridgehead atoms. The van der Waals surface area contributed by atoms with Crippen LogP contribution in [0, 0.1) is 0 Å². The summed E-state index contributed by atoms with van der Waals surface area (Å²) in [6.45, 7) is 3.16.